The molecule has 0 amide bonds. The molecule has 0 radical (unpaired) electrons. The minimum absolute atomic E-state index is 0.102. The Bertz CT molecular complexity index is 627. The Hall–Kier alpha value is -2.23. The van der Waals surface area contributed by atoms with Gasteiger partial charge < -0.3 is 15.1 Å². The van der Waals surface area contributed by atoms with Gasteiger partial charge in [0, 0.05) is 34.4 Å². The molecular formula is C17H30FN7OS. The van der Waals surface area contributed by atoms with E-state index in [2.05, 4.69) is 16.9 Å². The van der Waals surface area contributed by atoms with Crippen LogP contribution >= 0.6 is 11.8 Å². The Kier molecular flexibility index (Phi) is 8.61. The highest BCUT2D eigenvalue weighted by molar-refractivity contribution is 8.14. The number of alkyl halides is 1. The number of likely N-dealkylation sites (tertiary alicyclic amines) is 1. The van der Waals surface area contributed by atoms with E-state index < -0.39 is 5.50 Å². The molecule has 1 rings (SSSR count). The average molecular weight is 400 g/mol. The van der Waals surface area contributed by atoms with Crippen LogP contribution in [0.1, 0.15) is 20.3 Å². The van der Waals surface area contributed by atoms with Gasteiger partial charge in [-0.15, -0.1) is 0 Å². The normalized spacial score (nSPS) is 16.2. The molecule has 8 nitrogen and oxygen atoms in total. The van der Waals surface area contributed by atoms with E-state index in [1.165, 1.54) is 13.1 Å². The lowest BCUT2D eigenvalue weighted by Crippen LogP contribution is -2.58. The molecule has 1 saturated heterocycles. The zero-order chi connectivity index (χ0) is 20.7. The Labute approximate surface area is 165 Å². The van der Waals surface area contributed by atoms with Gasteiger partial charge >= 0.3 is 0 Å². The van der Waals surface area contributed by atoms with Crippen LogP contribution in [0.5, 0.6) is 0 Å². The van der Waals surface area contributed by atoms with Crippen LogP contribution in [0.25, 0.3) is 0 Å². The molecule has 0 aromatic heterocycles. The summed E-state index contributed by atoms with van der Waals surface area (Å²) < 4.78 is 13.3. The first-order valence-corrected chi connectivity index (χ1v) is 9.52. The number of carbonyl (C=O) groups is 1. The number of ketones is 1. The van der Waals surface area contributed by atoms with Crippen molar-refractivity contribution in [3.05, 3.63) is 24.3 Å². The van der Waals surface area contributed by atoms with E-state index in [9.17, 15) is 9.18 Å². The Morgan fingerprint density at radius 2 is 2.04 bits per heavy atom. The Balaban J connectivity index is 3.15. The summed E-state index contributed by atoms with van der Waals surface area (Å²) >= 11 is 0.840. The molecule has 0 bridgehead atoms. The summed E-state index contributed by atoms with van der Waals surface area (Å²) in [4.78, 5) is 19.2. The monoisotopic (exact) mass is 399 g/mol. The van der Waals surface area contributed by atoms with Crippen molar-refractivity contribution in [3.63, 3.8) is 0 Å². The summed E-state index contributed by atoms with van der Waals surface area (Å²) in [5.74, 6) is 1.45. The average Bonchev–Trinajstić information content (AvgIpc) is 2.59. The second-order valence-electron chi connectivity index (χ2n) is 5.98. The van der Waals surface area contributed by atoms with E-state index in [-0.39, 0.29) is 11.0 Å². The zero-order valence-electron chi connectivity index (χ0n) is 16.9. The maximum absolute atomic E-state index is 13.3. The number of nitrogens with one attached hydrogen (secondary N) is 2. The van der Waals surface area contributed by atoms with Gasteiger partial charge in [0.25, 0.3) is 0 Å². The van der Waals surface area contributed by atoms with Crippen molar-refractivity contribution in [2.45, 2.75) is 25.8 Å². The predicted octanol–water partition coefficient (Wildman–Crippen LogP) is 1.86. The smallest absolute Gasteiger partial charge is 0.221 e. The van der Waals surface area contributed by atoms with E-state index in [1.54, 1.807) is 19.0 Å². The maximum Gasteiger partial charge on any atom is 0.221 e. The fourth-order valence-corrected chi connectivity index (χ4v) is 3.23. The van der Waals surface area contributed by atoms with Gasteiger partial charge in [-0.2, -0.15) is 0 Å². The van der Waals surface area contributed by atoms with E-state index >= 15 is 0 Å². The standard InChI is InChI=1S/C17H30FN7OS/c1-8-14(15(20-4)22(5)16(19)27-12(3)18)23(6)24(7)17(21-9-2)25-10-13(26)11-25/h9,12,19-20H,2,8,10-11H2,1,3-7H3/b15-14+,19-16?,21-17?. The first kappa shape index (κ1) is 22.8. The number of allylic oxidation sites excluding steroid dienone is 1. The summed E-state index contributed by atoms with van der Waals surface area (Å²) in [6.07, 6.45) is 2.10. The van der Waals surface area contributed by atoms with Crippen LogP contribution in [0, 0.1) is 5.41 Å². The number of hydrogen-bond donors (Lipinski definition) is 2. The van der Waals surface area contributed by atoms with E-state index in [0.717, 1.165) is 17.5 Å². The predicted molar refractivity (Wildman–Crippen MR) is 110 cm³/mol. The van der Waals surface area contributed by atoms with Crippen molar-refractivity contribution in [2.24, 2.45) is 4.99 Å². The molecule has 0 saturated carbocycles. The van der Waals surface area contributed by atoms with Crippen molar-refractivity contribution in [1.29, 1.82) is 5.41 Å². The number of hydrazine groups is 1. The van der Waals surface area contributed by atoms with Crippen molar-refractivity contribution in [1.82, 2.24) is 25.1 Å². The molecule has 0 spiro atoms. The summed E-state index contributed by atoms with van der Waals surface area (Å²) in [5, 5.41) is 15.0. The van der Waals surface area contributed by atoms with Crippen molar-refractivity contribution in [3.8, 4) is 0 Å². The second-order valence-corrected chi connectivity index (χ2v) is 7.25. The molecule has 1 heterocycles. The molecule has 2 N–H and O–H groups in total. The third-order valence-electron chi connectivity index (χ3n) is 4.11. The van der Waals surface area contributed by atoms with Gasteiger partial charge in [0.2, 0.25) is 5.96 Å². The molecule has 27 heavy (non-hydrogen) atoms. The number of guanidine groups is 1. The molecule has 1 aliphatic rings. The SMILES string of the molecule is C=CN=C(N1CC(=O)C1)N(C)N(C)/C(CC)=C(\NC)N(C)C(=N)SC(C)F. The van der Waals surface area contributed by atoms with Crippen LogP contribution in [0.4, 0.5) is 4.39 Å². The van der Waals surface area contributed by atoms with Crippen LogP contribution in [0.3, 0.4) is 0 Å². The molecular weight excluding hydrogens is 369 g/mol. The summed E-state index contributed by atoms with van der Waals surface area (Å²) in [6.45, 7) is 7.70. The lowest BCUT2D eigenvalue weighted by Gasteiger charge is -2.42. The third kappa shape index (κ3) is 5.62. The third-order valence-corrected chi connectivity index (χ3v) is 4.94. The van der Waals surface area contributed by atoms with E-state index in [4.69, 9.17) is 5.41 Å². The van der Waals surface area contributed by atoms with Crippen molar-refractivity contribution >= 4 is 28.7 Å². The number of aliphatic imine (C=N–C) groups is 1. The number of hydrogen-bond acceptors (Lipinski definition) is 6. The summed E-state index contributed by atoms with van der Waals surface area (Å²) in [5.41, 5.74) is -0.290. The Morgan fingerprint density at radius 3 is 2.44 bits per heavy atom. The number of halogens is 1. The van der Waals surface area contributed by atoms with E-state index in [1.807, 2.05) is 35.9 Å². The van der Waals surface area contributed by atoms with Gasteiger partial charge in [0.05, 0.1) is 18.8 Å². The molecule has 0 aromatic carbocycles. The first-order chi connectivity index (χ1) is 12.7. The Morgan fingerprint density at radius 1 is 1.44 bits per heavy atom. The number of Topliss-reactive ketones (excluding diaryl/α,β-unsaturated/α-hetero) is 1. The first-order valence-electron chi connectivity index (χ1n) is 8.64. The molecule has 1 aliphatic heterocycles. The van der Waals surface area contributed by atoms with Crippen LogP contribution in [0.2, 0.25) is 0 Å². The maximum atomic E-state index is 13.3. The largest absolute Gasteiger partial charge is 0.373 e. The fourth-order valence-electron chi connectivity index (χ4n) is 2.68. The van der Waals surface area contributed by atoms with Crippen LogP contribution in [0.15, 0.2) is 29.3 Å². The minimum atomic E-state index is -1.17. The number of rotatable bonds is 7. The molecule has 152 valence electrons. The van der Waals surface area contributed by atoms with Gasteiger partial charge in [-0.3, -0.25) is 20.2 Å². The lowest BCUT2D eigenvalue weighted by atomic mass is 10.2. The molecule has 1 atom stereocenters. The fraction of sp³-hybridized carbons (Fsp3) is 0.588. The van der Waals surface area contributed by atoms with Gasteiger partial charge in [-0.25, -0.2) is 9.38 Å². The topological polar surface area (TPSA) is 78.3 Å². The molecule has 1 fully saturated rings. The van der Waals surface area contributed by atoms with Gasteiger partial charge in [0.15, 0.2) is 11.0 Å². The van der Waals surface area contributed by atoms with Gasteiger partial charge in [-0.05, 0) is 13.3 Å². The van der Waals surface area contributed by atoms with Gasteiger partial charge in [0.1, 0.15) is 11.3 Å². The number of carbonyl (C=O) groups excluding carboxylic acids is 1. The number of thioether (sulfide) groups is 1. The summed E-state index contributed by atoms with van der Waals surface area (Å²) in [7, 11) is 7.20. The number of nitrogens with zero attached hydrogens (tertiary/aromatic N) is 5. The highest BCUT2D eigenvalue weighted by atomic mass is 32.2. The summed E-state index contributed by atoms with van der Waals surface area (Å²) in [6, 6.07) is 0. The van der Waals surface area contributed by atoms with E-state index in [0.29, 0.717) is 31.3 Å². The lowest BCUT2D eigenvalue weighted by molar-refractivity contribution is -0.126. The zero-order valence-corrected chi connectivity index (χ0v) is 17.7. The quantitative estimate of drug-likeness (QED) is 0.384. The second kappa shape index (κ2) is 10.2. The molecule has 1 unspecified atom stereocenters. The highest BCUT2D eigenvalue weighted by Gasteiger charge is 2.31. The number of amidine groups is 1. The molecule has 0 aromatic rings. The minimum Gasteiger partial charge on any atom is -0.373 e. The molecule has 10 heteroatoms. The van der Waals surface area contributed by atoms with Crippen LogP contribution in [-0.2, 0) is 4.79 Å². The van der Waals surface area contributed by atoms with Crippen molar-refractivity contribution < 1.29 is 9.18 Å². The highest BCUT2D eigenvalue weighted by Crippen LogP contribution is 2.22. The van der Waals surface area contributed by atoms with Crippen LogP contribution in [-0.4, -0.2) is 83.5 Å². The van der Waals surface area contributed by atoms with Gasteiger partial charge in [-0.1, -0.05) is 25.3 Å². The van der Waals surface area contributed by atoms with Crippen molar-refractivity contribution in [2.75, 3.05) is 41.3 Å². The molecule has 0 aliphatic carbocycles. The van der Waals surface area contributed by atoms with Crippen LogP contribution < -0.4 is 5.32 Å².